The van der Waals surface area contributed by atoms with Crippen molar-refractivity contribution >= 4 is 27.5 Å². The maximum atomic E-state index is 12.3. The summed E-state index contributed by atoms with van der Waals surface area (Å²) in [6.45, 7) is 0. The Morgan fingerprint density at radius 2 is 1.59 bits per heavy atom. The number of hydrogen-bond acceptors (Lipinski definition) is 0. The van der Waals surface area contributed by atoms with E-state index in [2.05, 4.69) is 15.9 Å². The van der Waals surface area contributed by atoms with Crippen LogP contribution in [0.2, 0.25) is 5.02 Å². The van der Waals surface area contributed by atoms with Gasteiger partial charge in [0.15, 0.2) is 0 Å². The zero-order valence-corrected chi connectivity index (χ0v) is 10.2. The van der Waals surface area contributed by atoms with Gasteiger partial charge in [0.2, 0.25) is 0 Å². The van der Waals surface area contributed by atoms with Crippen molar-refractivity contribution in [3.63, 3.8) is 0 Å². The van der Waals surface area contributed by atoms with Crippen LogP contribution in [0.25, 0.3) is 0 Å². The van der Waals surface area contributed by atoms with Crippen LogP contribution in [-0.4, -0.2) is 6.18 Å². The van der Waals surface area contributed by atoms with Gasteiger partial charge in [-0.15, -0.1) is 0 Å². The minimum Gasteiger partial charge on any atom is -0.169 e. The maximum Gasteiger partial charge on any atom is 0.417 e. The SMILES string of the molecule is FC(F)(F)c1ccc(C(Br)C(F)(F)F)cc1Cl. The van der Waals surface area contributed by atoms with Crippen molar-refractivity contribution in [2.24, 2.45) is 0 Å². The lowest BCUT2D eigenvalue weighted by molar-refractivity contribution is -0.137. The molecule has 0 amide bonds. The molecule has 96 valence electrons. The van der Waals surface area contributed by atoms with E-state index in [0.717, 1.165) is 6.07 Å². The van der Waals surface area contributed by atoms with E-state index < -0.39 is 27.8 Å². The summed E-state index contributed by atoms with van der Waals surface area (Å²) in [5, 5.41) is -0.760. The third-order valence-corrected chi connectivity index (χ3v) is 3.24. The average molecular weight is 341 g/mol. The highest BCUT2D eigenvalue weighted by Gasteiger charge is 2.40. The Morgan fingerprint density at radius 1 is 1.06 bits per heavy atom. The van der Waals surface area contributed by atoms with Crippen LogP contribution in [0.1, 0.15) is 16.0 Å². The van der Waals surface area contributed by atoms with E-state index in [1.54, 1.807) is 0 Å². The lowest BCUT2D eigenvalue weighted by Crippen LogP contribution is -2.15. The van der Waals surface area contributed by atoms with Crippen molar-refractivity contribution in [2.75, 3.05) is 0 Å². The van der Waals surface area contributed by atoms with E-state index in [9.17, 15) is 26.3 Å². The summed E-state index contributed by atoms with van der Waals surface area (Å²) in [6, 6.07) is 1.91. The van der Waals surface area contributed by atoms with E-state index in [0.29, 0.717) is 12.1 Å². The van der Waals surface area contributed by atoms with Crippen LogP contribution in [0.4, 0.5) is 26.3 Å². The number of halogens is 8. The van der Waals surface area contributed by atoms with Crippen molar-refractivity contribution in [3.05, 3.63) is 34.3 Å². The second-order valence-electron chi connectivity index (χ2n) is 3.14. The summed E-state index contributed by atoms with van der Waals surface area (Å²) in [5.74, 6) is 0. The van der Waals surface area contributed by atoms with Crippen molar-refractivity contribution in [1.82, 2.24) is 0 Å². The molecule has 0 aromatic heterocycles. The molecule has 0 fully saturated rings. The predicted octanol–water partition coefficient (Wildman–Crippen LogP) is 5.36. The van der Waals surface area contributed by atoms with Gasteiger partial charge < -0.3 is 0 Å². The molecule has 0 radical (unpaired) electrons. The first-order chi connectivity index (χ1) is 7.53. The van der Waals surface area contributed by atoms with Gasteiger partial charge in [-0.25, -0.2) is 0 Å². The van der Waals surface area contributed by atoms with E-state index in [-0.39, 0.29) is 5.56 Å². The van der Waals surface area contributed by atoms with Crippen molar-refractivity contribution in [2.45, 2.75) is 17.2 Å². The quantitative estimate of drug-likeness (QED) is 0.477. The Kier molecular flexibility index (Phi) is 4.03. The van der Waals surface area contributed by atoms with Crippen LogP contribution in [0, 0.1) is 0 Å². The van der Waals surface area contributed by atoms with Gasteiger partial charge in [-0.1, -0.05) is 33.6 Å². The number of hydrogen-bond donors (Lipinski definition) is 0. The molecule has 0 aliphatic carbocycles. The lowest BCUT2D eigenvalue weighted by atomic mass is 10.1. The van der Waals surface area contributed by atoms with E-state index >= 15 is 0 Å². The molecule has 0 N–H and O–H groups in total. The van der Waals surface area contributed by atoms with Gasteiger partial charge in [-0.2, -0.15) is 26.3 Å². The molecule has 1 aromatic rings. The Bertz CT molecular complexity index is 411. The first-order valence-electron chi connectivity index (χ1n) is 4.11. The molecule has 0 bridgehead atoms. The molecular formula is C9H4BrClF6. The minimum absolute atomic E-state index is 0.379. The van der Waals surface area contributed by atoms with Gasteiger partial charge in [0, 0.05) is 0 Å². The molecule has 17 heavy (non-hydrogen) atoms. The average Bonchev–Trinajstić information content (AvgIpc) is 2.12. The number of rotatable bonds is 1. The molecule has 0 saturated carbocycles. The second-order valence-corrected chi connectivity index (χ2v) is 4.46. The Balaban J connectivity index is 3.14. The normalized spacial score (nSPS) is 14.8. The van der Waals surface area contributed by atoms with Gasteiger partial charge in [0.25, 0.3) is 0 Å². The molecule has 0 nitrogen and oxygen atoms in total. The van der Waals surface area contributed by atoms with Gasteiger partial charge in [-0.05, 0) is 17.7 Å². The molecular weight excluding hydrogens is 337 g/mol. The van der Waals surface area contributed by atoms with E-state index in [1.807, 2.05) is 0 Å². The first kappa shape index (κ1) is 14.6. The third kappa shape index (κ3) is 3.51. The van der Waals surface area contributed by atoms with Crippen LogP contribution in [0.3, 0.4) is 0 Å². The molecule has 0 heterocycles. The van der Waals surface area contributed by atoms with Gasteiger partial charge in [0.05, 0.1) is 10.6 Å². The maximum absolute atomic E-state index is 12.3. The first-order valence-corrected chi connectivity index (χ1v) is 5.40. The van der Waals surface area contributed by atoms with Crippen LogP contribution in [0.15, 0.2) is 18.2 Å². The molecule has 8 heteroatoms. The fourth-order valence-corrected chi connectivity index (χ4v) is 1.69. The highest BCUT2D eigenvalue weighted by atomic mass is 79.9. The third-order valence-electron chi connectivity index (χ3n) is 1.88. The Labute approximate surface area is 106 Å². The smallest absolute Gasteiger partial charge is 0.169 e. The minimum atomic E-state index is -4.68. The monoisotopic (exact) mass is 340 g/mol. The van der Waals surface area contributed by atoms with Crippen LogP contribution < -0.4 is 0 Å². The van der Waals surface area contributed by atoms with Gasteiger partial charge in [0.1, 0.15) is 4.83 Å². The number of alkyl halides is 7. The second kappa shape index (κ2) is 4.68. The van der Waals surface area contributed by atoms with Crippen LogP contribution in [0.5, 0.6) is 0 Å². The number of benzene rings is 1. The molecule has 1 aromatic carbocycles. The zero-order valence-electron chi connectivity index (χ0n) is 7.83. The molecule has 1 unspecified atom stereocenters. The summed E-state index contributed by atoms with van der Waals surface area (Å²) in [5.41, 5.74) is -1.54. The molecule has 1 rings (SSSR count). The highest BCUT2D eigenvalue weighted by molar-refractivity contribution is 9.09. The van der Waals surface area contributed by atoms with Gasteiger partial charge in [-0.3, -0.25) is 0 Å². The van der Waals surface area contributed by atoms with Crippen LogP contribution >= 0.6 is 27.5 Å². The molecule has 0 spiro atoms. The fourth-order valence-electron chi connectivity index (χ4n) is 1.11. The van der Waals surface area contributed by atoms with Crippen molar-refractivity contribution in [3.8, 4) is 0 Å². The van der Waals surface area contributed by atoms with E-state index in [4.69, 9.17) is 11.6 Å². The summed E-state index contributed by atoms with van der Waals surface area (Å²) in [4.78, 5) is -2.05. The largest absolute Gasteiger partial charge is 0.417 e. The fraction of sp³-hybridized carbons (Fsp3) is 0.333. The standard InChI is InChI=1S/C9H4BrClF6/c10-7(9(15,16)17)4-1-2-5(6(11)3-4)8(12,13)14/h1-3,7H. The predicted molar refractivity (Wildman–Crippen MR) is 54.2 cm³/mol. The lowest BCUT2D eigenvalue weighted by Gasteiger charge is -2.16. The summed E-state index contributed by atoms with van der Waals surface area (Å²) in [6.07, 6.45) is -9.28. The Morgan fingerprint density at radius 3 is 1.94 bits per heavy atom. The highest BCUT2D eigenvalue weighted by Crippen LogP contribution is 2.42. The molecule has 0 aliphatic rings. The molecule has 0 saturated heterocycles. The van der Waals surface area contributed by atoms with Crippen molar-refractivity contribution in [1.29, 1.82) is 0 Å². The summed E-state index contributed by atoms with van der Waals surface area (Å²) >= 11 is 7.65. The zero-order chi connectivity index (χ0) is 13.4. The topological polar surface area (TPSA) is 0 Å². The van der Waals surface area contributed by atoms with Gasteiger partial charge >= 0.3 is 12.4 Å². The van der Waals surface area contributed by atoms with Crippen LogP contribution in [-0.2, 0) is 6.18 Å². The summed E-state index contributed by atoms with van der Waals surface area (Å²) < 4.78 is 73.8. The van der Waals surface area contributed by atoms with Crippen molar-refractivity contribution < 1.29 is 26.3 Å². The summed E-state index contributed by atoms with van der Waals surface area (Å²) in [7, 11) is 0. The molecule has 0 aliphatic heterocycles. The molecule has 1 atom stereocenters. The Hall–Kier alpha value is -0.430. The van der Waals surface area contributed by atoms with E-state index in [1.165, 1.54) is 0 Å².